The summed E-state index contributed by atoms with van der Waals surface area (Å²) < 4.78 is 5.44. The standard InChI is InChI=1S/C16H25N3O2/c1-21-14-4-2-3-13(9-14)16(20)19-7-5-12(6-8-19)15-10-17-11-18-15/h10-14H,2-9H2,1H3,(H,17,18). The molecule has 0 bridgehead atoms. The Morgan fingerprint density at radius 2 is 2.14 bits per heavy atom. The first-order valence-electron chi connectivity index (χ1n) is 8.07. The molecule has 5 heteroatoms. The number of nitrogens with zero attached hydrogens (tertiary/aromatic N) is 2. The zero-order valence-electron chi connectivity index (χ0n) is 12.8. The van der Waals surface area contributed by atoms with E-state index in [4.69, 9.17) is 4.74 Å². The SMILES string of the molecule is COC1CCCC(C(=O)N2CCC(c3cnc[nH]3)CC2)C1. The van der Waals surface area contributed by atoms with E-state index in [0.717, 1.165) is 51.6 Å². The van der Waals surface area contributed by atoms with Crippen LogP contribution in [-0.4, -0.2) is 47.1 Å². The molecular weight excluding hydrogens is 266 g/mol. The highest BCUT2D eigenvalue weighted by Gasteiger charge is 2.32. The molecule has 1 amide bonds. The predicted octanol–water partition coefficient (Wildman–Crippen LogP) is 2.32. The van der Waals surface area contributed by atoms with E-state index >= 15 is 0 Å². The molecular formula is C16H25N3O2. The molecule has 2 atom stereocenters. The molecule has 2 unspecified atom stereocenters. The number of aromatic amines is 1. The lowest BCUT2D eigenvalue weighted by molar-refractivity contribution is -0.139. The Morgan fingerprint density at radius 3 is 2.81 bits per heavy atom. The maximum Gasteiger partial charge on any atom is 0.225 e. The van der Waals surface area contributed by atoms with Crippen LogP contribution in [0.5, 0.6) is 0 Å². The minimum absolute atomic E-state index is 0.174. The minimum Gasteiger partial charge on any atom is -0.381 e. The Balaban J connectivity index is 1.53. The molecule has 3 rings (SSSR count). The van der Waals surface area contributed by atoms with Gasteiger partial charge in [-0.2, -0.15) is 0 Å². The van der Waals surface area contributed by atoms with Crippen LogP contribution in [0, 0.1) is 5.92 Å². The molecule has 1 saturated carbocycles. The van der Waals surface area contributed by atoms with E-state index in [0.29, 0.717) is 11.8 Å². The van der Waals surface area contributed by atoms with Crippen LogP contribution in [0.1, 0.15) is 50.1 Å². The summed E-state index contributed by atoms with van der Waals surface area (Å²) in [5, 5.41) is 0. The van der Waals surface area contributed by atoms with Crippen LogP contribution in [0.2, 0.25) is 0 Å². The van der Waals surface area contributed by atoms with Gasteiger partial charge in [0, 0.05) is 43.9 Å². The van der Waals surface area contributed by atoms with Crippen molar-refractivity contribution in [3.8, 4) is 0 Å². The highest BCUT2D eigenvalue weighted by molar-refractivity contribution is 5.79. The zero-order valence-corrected chi connectivity index (χ0v) is 12.8. The van der Waals surface area contributed by atoms with Crippen molar-refractivity contribution in [1.29, 1.82) is 0 Å². The molecule has 2 heterocycles. The van der Waals surface area contributed by atoms with Crippen LogP contribution in [-0.2, 0) is 9.53 Å². The van der Waals surface area contributed by atoms with Gasteiger partial charge >= 0.3 is 0 Å². The van der Waals surface area contributed by atoms with Gasteiger partial charge in [0.05, 0.1) is 12.4 Å². The molecule has 1 aromatic rings. The number of piperidine rings is 1. The number of rotatable bonds is 3. The first-order chi connectivity index (χ1) is 10.3. The number of nitrogens with one attached hydrogen (secondary N) is 1. The predicted molar refractivity (Wildman–Crippen MR) is 79.9 cm³/mol. The van der Waals surface area contributed by atoms with Gasteiger partial charge in [0.15, 0.2) is 0 Å². The van der Waals surface area contributed by atoms with Crippen LogP contribution >= 0.6 is 0 Å². The van der Waals surface area contributed by atoms with Crippen molar-refractivity contribution in [2.24, 2.45) is 5.92 Å². The molecule has 0 spiro atoms. The van der Waals surface area contributed by atoms with Gasteiger partial charge in [0.25, 0.3) is 0 Å². The zero-order chi connectivity index (χ0) is 14.7. The molecule has 0 radical (unpaired) electrons. The highest BCUT2D eigenvalue weighted by Crippen LogP contribution is 2.31. The van der Waals surface area contributed by atoms with E-state index in [1.165, 1.54) is 5.69 Å². The van der Waals surface area contributed by atoms with E-state index in [1.807, 2.05) is 6.20 Å². The first kappa shape index (κ1) is 14.6. The Bertz CT molecular complexity index is 452. The molecule has 0 aromatic carbocycles. The number of hydrogen-bond donors (Lipinski definition) is 1. The largest absolute Gasteiger partial charge is 0.381 e. The number of likely N-dealkylation sites (tertiary alicyclic amines) is 1. The summed E-state index contributed by atoms with van der Waals surface area (Å²) in [6.45, 7) is 1.74. The molecule has 1 aromatic heterocycles. The normalized spacial score (nSPS) is 27.8. The number of ether oxygens (including phenoxy) is 1. The Morgan fingerprint density at radius 1 is 1.33 bits per heavy atom. The van der Waals surface area contributed by atoms with Crippen molar-refractivity contribution in [2.45, 2.75) is 50.5 Å². The minimum atomic E-state index is 0.174. The summed E-state index contributed by atoms with van der Waals surface area (Å²) in [6, 6.07) is 0. The molecule has 1 saturated heterocycles. The summed E-state index contributed by atoms with van der Waals surface area (Å²) in [5.41, 5.74) is 1.21. The smallest absolute Gasteiger partial charge is 0.225 e. The molecule has 1 N–H and O–H groups in total. The second kappa shape index (κ2) is 6.60. The second-order valence-corrected chi connectivity index (χ2v) is 6.33. The van der Waals surface area contributed by atoms with E-state index in [-0.39, 0.29) is 12.0 Å². The van der Waals surface area contributed by atoms with Gasteiger partial charge < -0.3 is 14.6 Å². The quantitative estimate of drug-likeness (QED) is 0.930. The topological polar surface area (TPSA) is 58.2 Å². The molecule has 1 aliphatic carbocycles. The number of hydrogen-bond acceptors (Lipinski definition) is 3. The van der Waals surface area contributed by atoms with Crippen LogP contribution in [0.4, 0.5) is 0 Å². The van der Waals surface area contributed by atoms with E-state index < -0.39 is 0 Å². The van der Waals surface area contributed by atoms with Crippen molar-refractivity contribution in [3.05, 3.63) is 18.2 Å². The molecule has 1 aliphatic heterocycles. The van der Waals surface area contributed by atoms with Crippen molar-refractivity contribution in [1.82, 2.24) is 14.9 Å². The van der Waals surface area contributed by atoms with Crippen LogP contribution < -0.4 is 0 Å². The van der Waals surface area contributed by atoms with Crippen LogP contribution in [0.3, 0.4) is 0 Å². The Kier molecular flexibility index (Phi) is 4.58. The van der Waals surface area contributed by atoms with Gasteiger partial charge in [-0.1, -0.05) is 6.42 Å². The fourth-order valence-corrected chi connectivity index (χ4v) is 3.74. The lowest BCUT2D eigenvalue weighted by Crippen LogP contribution is -2.43. The Labute approximate surface area is 126 Å². The lowest BCUT2D eigenvalue weighted by atomic mass is 9.85. The second-order valence-electron chi connectivity index (χ2n) is 6.33. The van der Waals surface area contributed by atoms with Crippen molar-refractivity contribution < 1.29 is 9.53 Å². The lowest BCUT2D eigenvalue weighted by Gasteiger charge is -2.36. The summed E-state index contributed by atoms with van der Waals surface area (Å²) >= 11 is 0. The third kappa shape index (κ3) is 3.28. The third-order valence-corrected chi connectivity index (χ3v) is 5.07. The van der Waals surface area contributed by atoms with Gasteiger partial charge in [-0.05, 0) is 32.1 Å². The average Bonchev–Trinajstić information content (AvgIpc) is 3.09. The van der Waals surface area contributed by atoms with Gasteiger partial charge in [0.1, 0.15) is 0 Å². The van der Waals surface area contributed by atoms with Gasteiger partial charge in [-0.15, -0.1) is 0 Å². The maximum atomic E-state index is 12.7. The molecule has 21 heavy (non-hydrogen) atoms. The number of amides is 1. The number of carbonyl (C=O) groups is 1. The van der Waals surface area contributed by atoms with Crippen LogP contribution in [0.15, 0.2) is 12.5 Å². The van der Waals surface area contributed by atoms with Gasteiger partial charge in [-0.3, -0.25) is 4.79 Å². The van der Waals surface area contributed by atoms with Crippen LogP contribution in [0.25, 0.3) is 0 Å². The van der Waals surface area contributed by atoms with Gasteiger partial charge in [0.2, 0.25) is 5.91 Å². The third-order valence-electron chi connectivity index (χ3n) is 5.07. The van der Waals surface area contributed by atoms with E-state index in [9.17, 15) is 4.79 Å². The molecule has 5 nitrogen and oxygen atoms in total. The van der Waals surface area contributed by atoms with Gasteiger partial charge in [-0.25, -0.2) is 4.98 Å². The number of aromatic nitrogens is 2. The first-order valence-corrected chi connectivity index (χ1v) is 8.07. The van der Waals surface area contributed by atoms with Crippen molar-refractivity contribution in [3.63, 3.8) is 0 Å². The number of methoxy groups -OCH3 is 1. The number of imidazole rings is 1. The fourth-order valence-electron chi connectivity index (χ4n) is 3.74. The maximum absolute atomic E-state index is 12.7. The summed E-state index contributed by atoms with van der Waals surface area (Å²) in [7, 11) is 1.76. The molecule has 116 valence electrons. The number of H-pyrrole nitrogens is 1. The number of carbonyl (C=O) groups excluding carboxylic acids is 1. The van der Waals surface area contributed by atoms with Crippen molar-refractivity contribution >= 4 is 5.91 Å². The van der Waals surface area contributed by atoms with E-state index in [1.54, 1.807) is 13.4 Å². The monoisotopic (exact) mass is 291 g/mol. The van der Waals surface area contributed by atoms with E-state index in [2.05, 4.69) is 14.9 Å². The summed E-state index contributed by atoms with van der Waals surface area (Å²) in [6.07, 6.45) is 10.1. The molecule has 2 fully saturated rings. The highest BCUT2D eigenvalue weighted by atomic mass is 16.5. The summed E-state index contributed by atoms with van der Waals surface area (Å²) in [5.74, 6) is 1.04. The summed E-state index contributed by atoms with van der Waals surface area (Å²) in [4.78, 5) is 22.0. The fraction of sp³-hybridized carbons (Fsp3) is 0.750. The average molecular weight is 291 g/mol. The Hall–Kier alpha value is -1.36. The molecule has 2 aliphatic rings. The van der Waals surface area contributed by atoms with Crippen molar-refractivity contribution in [2.75, 3.05) is 20.2 Å².